The molecule has 1 unspecified atom stereocenters. The molecule has 0 fully saturated rings. The van der Waals surface area contributed by atoms with Gasteiger partial charge in [0, 0.05) is 6.20 Å². The molecule has 0 aliphatic carbocycles. The molecule has 0 aliphatic rings. The number of nitrogens with one attached hydrogen (secondary N) is 1. The monoisotopic (exact) mass is 326 g/mol. The Bertz CT molecular complexity index is 711. The van der Waals surface area contributed by atoms with Crippen molar-refractivity contribution in [1.82, 2.24) is 4.98 Å². The van der Waals surface area contributed by atoms with Crippen LogP contribution in [0.25, 0.3) is 0 Å². The summed E-state index contributed by atoms with van der Waals surface area (Å²) in [6.07, 6.45) is -3.26. The van der Waals surface area contributed by atoms with Gasteiger partial charge in [0.05, 0.1) is 11.5 Å². The maximum Gasteiger partial charge on any atom is 0.419 e. The lowest BCUT2D eigenvalue weighted by molar-refractivity contribution is -0.140. The minimum atomic E-state index is -4.81. The predicted molar refractivity (Wildman–Crippen MR) is 77.4 cm³/mol. The van der Waals surface area contributed by atoms with Crippen molar-refractivity contribution in [1.29, 1.82) is 0 Å². The zero-order valence-electron chi connectivity index (χ0n) is 12.4. The molecule has 2 aromatic rings. The summed E-state index contributed by atoms with van der Waals surface area (Å²) in [4.78, 5) is 16.1. The van der Waals surface area contributed by atoms with Crippen LogP contribution in [0.4, 0.5) is 23.4 Å². The number of amides is 1. The number of halogens is 4. The van der Waals surface area contributed by atoms with Crippen molar-refractivity contribution in [3.63, 3.8) is 0 Å². The lowest BCUT2D eigenvalue weighted by atomic mass is 9.97. The summed E-state index contributed by atoms with van der Waals surface area (Å²) in [5, 5.41) is 2.52. The number of nitrogens with zero attached hydrogens (tertiary/aromatic N) is 1. The molecule has 7 heteroatoms. The number of hydrogen-bond donors (Lipinski definition) is 1. The number of anilines is 1. The molecule has 1 N–H and O–H groups in total. The Hall–Kier alpha value is -2.44. The van der Waals surface area contributed by atoms with Crippen LogP contribution in [0, 0.1) is 12.7 Å². The van der Waals surface area contributed by atoms with Crippen LogP contribution < -0.4 is 5.32 Å². The van der Waals surface area contributed by atoms with Crippen LogP contribution in [0.2, 0.25) is 0 Å². The van der Waals surface area contributed by atoms with Gasteiger partial charge in [0.15, 0.2) is 0 Å². The summed E-state index contributed by atoms with van der Waals surface area (Å²) >= 11 is 0. The fraction of sp³-hybridized carbons (Fsp3) is 0.250. The van der Waals surface area contributed by atoms with E-state index in [0.717, 1.165) is 11.6 Å². The van der Waals surface area contributed by atoms with Gasteiger partial charge in [-0.1, -0.05) is 12.1 Å². The number of carbonyl (C=O) groups excluding carboxylic acids is 1. The Balaban J connectivity index is 2.21. The molecule has 0 bridgehead atoms. The SMILES string of the molecule is Cc1ccc(NC(=O)C(C)c2ccc(F)c(C(F)(F)F)c2)nc1. The first-order chi connectivity index (χ1) is 10.7. The van der Waals surface area contributed by atoms with Crippen molar-refractivity contribution < 1.29 is 22.4 Å². The van der Waals surface area contributed by atoms with Crippen LogP contribution in [-0.4, -0.2) is 10.9 Å². The lowest BCUT2D eigenvalue weighted by Crippen LogP contribution is -2.20. The molecule has 0 saturated carbocycles. The van der Waals surface area contributed by atoms with E-state index in [9.17, 15) is 22.4 Å². The van der Waals surface area contributed by atoms with E-state index < -0.39 is 29.4 Å². The molecule has 0 aliphatic heterocycles. The topological polar surface area (TPSA) is 42.0 Å². The van der Waals surface area contributed by atoms with Gasteiger partial charge in [-0.2, -0.15) is 13.2 Å². The Morgan fingerprint density at radius 1 is 1.22 bits per heavy atom. The normalized spacial score (nSPS) is 12.8. The van der Waals surface area contributed by atoms with Gasteiger partial charge in [0.25, 0.3) is 0 Å². The summed E-state index contributed by atoms with van der Waals surface area (Å²) in [6, 6.07) is 5.87. The van der Waals surface area contributed by atoms with Crippen molar-refractivity contribution in [2.24, 2.45) is 0 Å². The van der Waals surface area contributed by atoms with Gasteiger partial charge in [-0.15, -0.1) is 0 Å². The Labute approximate surface area is 130 Å². The second kappa shape index (κ2) is 6.36. The van der Waals surface area contributed by atoms with E-state index in [-0.39, 0.29) is 5.56 Å². The van der Waals surface area contributed by atoms with E-state index in [4.69, 9.17) is 0 Å². The van der Waals surface area contributed by atoms with Crippen molar-refractivity contribution >= 4 is 11.7 Å². The summed E-state index contributed by atoms with van der Waals surface area (Å²) in [5.74, 6) is -2.49. The number of aryl methyl sites for hydroxylation is 1. The Kier molecular flexibility index (Phi) is 4.68. The van der Waals surface area contributed by atoms with Crippen LogP contribution >= 0.6 is 0 Å². The molecule has 23 heavy (non-hydrogen) atoms. The number of alkyl halides is 3. The summed E-state index contributed by atoms with van der Waals surface area (Å²) < 4.78 is 51.5. The van der Waals surface area contributed by atoms with Crippen molar-refractivity contribution in [3.05, 3.63) is 59.0 Å². The maximum absolute atomic E-state index is 13.3. The van der Waals surface area contributed by atoms with Crippen molar-refractivity contribution in [2.45, 2.75) is 25.9 Å². The number of carbonyl (C=O) groups is 1. The summed E-state index contributed by atoms with van der Waals surface area (Å²) in [7, 11) is 0. The standard InChI is InChI=1S/C16H14F4N2O/c1-9-3-6-14(21-8-9)22-15(23)10(2)11-4-5-13(17)12(7-11)16(18,19)20/h3-8,10H,1-2H3,(H,21,22,23). The Morgan fingerprint density at radius 3 is 2.48 bits per heavy atom. The molecule has 1 atom stereocenters. The second-order valence-electron chi connectivity index (χ2n) is 5.17. The third-order valence-corrected chi connectivity index (χ3v) is 3.35. The first kappa shape index (κ1) is 16.9. The molecule has 122 valence electrons. The molecule has 3 nitrogen and oxygen atoms in total. The molecule has 0 radical (unpaired) electrons. The van der Waals surface area contributed by atoms with E-state index in [1.54, 1.807) is 18.3 Å². The molecular weight excluding hydrogens is 312 g/mol. The lowest BCUT2D eigenvalue weighted by Gasteiger charge is -2.15. The van der Waals surface area contributed by atoms with Gasteiger partial charge in [0.2, 0.25) is 5.91 Å². The van der Waals surface area contributed by atoms with Gasteiger partial charge >= 0.3 is 6.18 Å². The molecular formula is C16H14F4N2O. The summed E-state index contributed by atoms with van der Waals surface area (Å²) in [5.41, 5.74) is -0.407. The van der Waals surface area contributed by atoms with Crippen LogP contribution in [0.1, 0.15) is 29.5 Å². The highest BCUT2D eigenvalue weighted by molar-refractivity contribution is 5.94. The quantitative estimate of drug-likeness (QED) is 0.855. The molecule has 0 saturated heterocycles. The molecule has 1 aromatic carbocycles. The van der Waals surface area contributed by atoms with Crippen LogP contribution in [-0.2, 0) is 11.0 Å². The fourth-order valence-electron chi connectivity index (χ4n) is 1.96. The van der Waals surface area contributed by atoms with E-state index in [0.29, 0.717) is 18.0 Å². The van der Waals surface area contributed by atoms with E-state index >= 15 is 0 Å². The third-order valence-electron chi connectivity index (χ3n) is 3.35. The van der Waals surface area contributed by atoms with Gasteiger partial charge in [-0.3, -0.25) is 4.79 Å². The number of benzene rings is 1. The van der Waals surface area contributed by atoms with E-state index in [1.807, 2.05) is 6.92 Å². The van der Waals surface area contributed by atoms with Crippen molar-refractivity contribution in [3.8, 4) is 0 Å². The van der Waals surface area contributed by atoms with Crippen molar-refractivity contribution in [2.75, 3.05) is 5.32 Å². The van der Waals surface area contributed by atoms with Crippen LogP contribution in [0.15, 0.2) is 36.5 Å². The fourth-order valence-corrected chi connectivity index (χ4v) is 1.96. The van der Waals surface area contributed by atoms with Gasteiger partial charge in [-0.05, 0) is 43.2 Å². The number of rotatable bonds is 3. The van der Waals surface area contributed by atoms with Crippen LogP contribution in [0.3, 0.4) is 0 Å². The van der Waals surface area contributed by atoms with Gasteiger partial charge < -0.3 is 5.32 Å². The molecule has 1 amide bonds. The smallest absolute Gasteiger partial charge is 0.310 e. The highest BCUT2D eigenvalue weighted by Crippen LogP contribution is 2.33. The zero-order valence-corrected chi connectivity index (χ0v) is 12.4. The average molecular weight is 326 g/mol. The second-order valence-corrected chi connectivity index (χ2v) is 5.17. The zero-order chi connectivity index (χ0) is 17.2. The maximum atomic E-state index is 13.3. The number of aromatic nitrogens is 1. The molecule has 1 aromatic heterocycles. The Morgan fingerprint density at radius 2 is 1.91 bits per heavy atom. The highest BCUT2D eigenvalue weighted by atomic mass is 19.4. The first-order valence-electron chi connectivity index (χ1n) is 6.78. The minimum Gasteiger partial charge on any atom is -0.310 e. The minimum absolute atomic E-state index is 0.0725. The highest BCUT2D eigenvalue weighted by Gasteiger charge is 2.34. The molecule has 2 rings (SSSR count). The number of pyridine rings is 1. The van der Waals surface area contributed by atoms with Gasteiger partial charge in [-0.25, -0.2) is 9.37 Å². The first-order valence-corrected chi connectivity index (χ1v) is 6.78. The largest absolute Gasteiger partial charge is 0.419 e. The summed E-state index contributed by atoms with van der Waals surface area (Å²) in [6.45, 7) is 3.27. The van der Waals surface area contributed by atoms with E-state index in [2.05, 4.69) is 10.3 Å². The molecule has 1 heterocycles. The van der Waals surface area contributed by atoms with E-state index in [1.165, 1.54) is 6.92 Å². The van der Waals surface area contributed by atoms with Gasteiger partial charge in [0.1, 0.15) is 11.6 Å². The molecule has 0 spiro atoms. The predicted octanol–water partition coefficient (Wildman–Crippen LogP) is 4.29. The van der Waals surface area contributed by atoms with Crippen LogP contribution in [0.5, 0.6) is 0 Å². The third kappa shape index (κ3) is 4.06. The number of hydrogen-bond acceptors (Lipinski definition) is 2. The average Bonchev–Trinajstić information content (AvgIpc) is 2.48.